The molecule has 2 N–H and O–H groups in total. The average molecular weight is 421 g/mol. The molecule has 9 heteroatoms. The second-order valence-electron chi connectivity index (χ2n) is 7.16. The van der Waals surface area contributed by atoms with E-state index in [0.29, 0.717) is 24.5 Å². The Morgan fingerprint density at radius 3 is 2.52 bits per heavy atom. The van der Waals surface area contributed by atoms with Gasteiger partial charge in [0, 0.05) is 12.1 Å². The van der Waals surface area contributed by atoms with Crippen molar-refractivity contribution in [3.63, 3.8) is 0 Å². The number of carbonyl (C=O) groups is 4. The van der Waals surface area contributed by atoms with Crippen LogP contribution >= 0.6 is 11.8 Å². The molecule has 1 aromatic rings. The lowest BCUT2D eigenvalue weighted by Crippen LogP contribution is -3.14. The number of ether oxygens (including phenoxy) is 1. The number of imide groups is 1. The minimum absolute atomic E-state index is 0.0687. The molecule has 0 aromatic heterocycles. The van der Waals surface area contributed by atoms with E-state index in [0.717, 1.165) is 37.7 Å². The number of piperidine rings is 1. The maximum atomic E-state index is 12.6. The maximum Gasteiger partial charge on any atom is 0.338 e. The summed E-state index contributed by atoms with van der Waals surface area (Å²) in [5.74, 6) is -1.06. The lowest BCUT2D eigenvalue weighted by atomic mass is 10.1. The Bertz CT molecular complexity index is 777. The van der Waals surface area contributed by atoms with Gasteiger partial charge in [-0.15, -0.1) is 0 Å². The summed E-state index contributed by atoms with van der Waals surface area (Å²) < 4.78 is 4.92. The van der Waals surface area contributed by atoms with Gasteiger partial charge in [-0.05, 0) is 50.5 Å². The third-order valence-corrected chi connectivity index (χ3v) is 6.07. The predicted octanol–water partition coefficient (Wildman–Crippen LogP) is 1.28. The molecule has 3 rings (SSSR count). The van der Waals surface area contributed by atoms with Crippen molar-refractivity contribution < 1.29 is 28.8 Å². The summed E-state index contributed by atoms with van der Waals surface area (Å²) in [6.45, 7) is 4.34. The maximum absolute atomic E-state index is 12.6. The fourth-order valence-electron chi connectivity index (χ4n) is 3.49. The van der Waals surface area contributed by atoms with Crippen LogP contribution in [0.25, 0.3) is 0 Å². The Morgan fingerprint density at radius 2 is 1.86 bits per heavy atom. The van der Waals surface area contributed by atoms with Crippen molar-refractivity contribution >= 4 is 40.5 Å². The van der Waals surface area contributed by atoms with E-state index in [9.17, 15) is 19.2 Å². The van der Waals surface area contributed by atoms with Gasteiger partial charge in [0.1, 0.15) is 5.25 Å². The van der Waals surface area contributed by atoms with Crippen LogP contribution < -0.4 is 10.2 Å². The number of quaternary nitrogens is 1. The fourth-order valence-corrected chi connectivity index (χ4v) is 4.48. The average Bonchev–Trinajstić information content (AvgIpc) is 2.97. The third-order valence-electron chi connectivity index (χ3n) is 5.00. The van der Waals surface area contributed by atoms with E-state index < -0.39 is 11.2 Å². The molecule has 3 amide bonds. The number of amides is 3. The standard InChI is InChI=1S/C20H25N3O5S/c1-2-28-19(26)14-6-8-15(9-7-14)21-17(24)12-16-18(25)23(20(27)29-16)13-22-10-4-3-5-11-22/h6-9,16H,2-5,10-13H2,1H3,(H,21,24)/p+1/t16-/m0/s1. The molecule has 0 bridgehead atoms. The Morgan fingerprint density at radius 1 is 1.17 bits per heavy atom. The van der Waals surface area contributed by atoms with E-state index >= 15 is 0 Å². The summed E-state index contributed by atoms with van der Waals surface area (Å²) in [6, 6.07) is 6.33. The predicted molar refractivity (Wildman–Crippen MR) is 109 cm³/mol. The van der Waals surface area contributed by atoms with Crippen molar-refractivity contribution in [2.45, 2.75) is 37.9 Å². The molecule has 29 heavy (non-hydrogen) atoms. The zero-order valence-electron chi connectivity index (χ0n) is 16.4. The molecule has 0 aliphatic carbocycles. The van der Waals surface area contributed by atoms with Crippen molar-refractivity contribution in [3.05, 3.63) is 29.8 Å². The van der Waals surface area contributed by atoms with Crippen LogP contribution in [-0.2, 0) is 14.3 Å². The summed E-state index contributed by atoms with van der Waals surface area (Å²) in [7, 11) is 0. The molecular weight excluding hydrogens is 394 g/mol. The molecule has 0 spiro atoms. The van der Waals surface area contributed by atoms with Gasteiger partial charge < -0.3 is 15.0 Å². The molecule has 8 nitrogen and oxygen atoms in total. The number of rotatable bonds is 7. The molecule has 0 radical (unpaired) electrons. The van der Waals surface area contributed by atoms with Crippen LogP contribution in [0.2, 0.25) is 0 Å². The van der Waals surface area contributed by atoms with Crippen LogP contribution in [0, 0.1) is 0 Å². The number of nitrogens with one attached hydrogen (secondary N) is 2. The molecule has 2 aliphatic rings. The Hall–Kier alpha value is -2.39. The van der Waals surface area contributed by atoms with Gasteiger partial charge in [-0.25, -0.2) is 9.69 Å². The Labute approximate surface area is 173 Å². The van der Waals surface area contributed by atoms with E-state index in [1.54, 1.807) is 31.2 Å². The number of esters is 1. The second-order valence-corrected chi connectivity index (χ2v) is 8.31. The summed E-state index contributed by atoms with van der Waals surface area (Å²) >= 11 is 0.923. The lowest BCUT2D eigenvalue weighted by Gasteiger charge is -2.26. The van der Waals surface area contributed by atoms with Gasteiger partial charge in [-0.2, -0.15) is 0 Å². The van der Waals surface area contributed by atoms with Crippen molar-refractivity contribution in [2.24, 2.45) is 0 Å². The Kier molecular flexibility index (Phi) is 7.27. The molecule has 2 fully saturated rings. The number of benzene rings is 1. The van der Waals surface area contributed by atoms with Gasteiger partial charge in [-0.1, -0.05) is 11.8 Å². The molecule has 0 unspecified atom stereocenters. The highest BCUT2D eigenvalue weighted by Gasteiger charge is 2.42. The molecule has 2 saturated heterocycles. The SMILES string of the molecule is CCOC(=O)c1ccc(NC(=O)C[C@@H]2SC(=O)N(C[NH+]3CCCCC3)C2=O)cc1. The highest BCUT2D eigenvalue weighted by Crippen LogP contribution is 2.28. The van der Waals surface area contributed by atoms with Gasteiger partial charge >= 0.3 is 5.97 Å². The van der Waals surface area contributed by atoms with Crippen LogP contribution in [0.1, 0.15) is 43.0 Å². The summed E-state index contributed by atoms with van der Waals surface area (Å²) in [5.41, 5.74) is 0.910. The van der Waals surface area contributed by atoms with Crippen LogP contribution in [0.5, 0.6) is 0 Å². The van der Waals surface area contributed by atoms with Gasteiger partial charge in [0.15, 0.2) is 6.67 Å². The third kappa shape index (κ3) is 5.57. The van der Waals surface area contributed by atoms with Crippen LogP contribution in [-0.4, -0.2) is 59.5 Å². The second kappa shape index (κ2) is 9.89. The lowest BCUT2D eigenvalue weighted by molar-refractivity contribution is -0.912. The Balaban J connectivity index is 1.51. The molecular formula is C20H26N3O5S+. The molecule has 2 aliphatic heterocycles. The first kappa shape index (κ1) is 21.3. The zero-order valence-corrected chi connectivity index (χ0v) is 17.3. The van der Waals surface area contributed by atoms with Crippen LogP contribution in [0.3, 0.4) is 0 Å². The number of likely N-dealkylation sites (tertiary alicyclic amines) is 1. The number of carbonyl (C=O) groups excluding carboxylic acids is 4. The zero-order chi connectivity index (χ0) is 20.8. The summed E-state index contributed by atoms with van der Waals surface area (Å²) in [4.78, 5) is 51.4. The number of thioether (sulfide) groups is 1. The van der Waals surface area contributed by atoms with E-state index in [1.165, 1.54) is 16.2 Å². The topological polar surface area (TPSA) is 97.2 Å². The van der Waals surface area contributed by atoms with E-state index in [1.807, 2.05) is 0 Å². The van der Waals surface area contributed by atoms with Crippen LogP contribution in [0.15, 0.2) is 24.3 Å². The van der Waals surface area contributed by atoms with Gasteiger partial charge in [-0.3, -0.25) is 14.4 Å². The molecule has 1 atom stereocenters. The molecule has 2 heterocycles. The molecule has 0 saturated carbocycles. The number of nitrogens with zero attached hydrogens (tertiary/aromatic N) is 1. The normalized spacial score (nSPS) is 20.0. The molecule has 1 aromatic carbocycles. The smallest absolute Gasteiger partial charge is 0.338 e. The largest absolute Gasteiger partial charge is 0.462 e. The van der Waals surface area contributed by atoms with E-state index in [4.69, 9.17) is 4.74 Å². The van der Waals surface area contributed by atoms with Gasteiger partial charge in [0.05, 0.1) is 25.3 Å². The number of hydrogen-bond acceptors (Lipinski definition) is 6. The number of hydrogen-bond donors (Lipinski definition) is 2. The summed E-state index contributed by atoms with van der Waals surface area (Å²) in [5, 5.41) is 1.74. The minimum Gasteiger partial charge on any atom is -0.462 e. The van der Waals surface area contributed by atoms with Gasteiger partial charge in [0.2, 0.25) is 11.8 Å². The first-order valence-electron chi connectivity index (χ1n) is 9.90. The van der Waals surface area contributed by atoms with Crippen molar-refractivity contribution in [3.8, 4) is 0 Å². The minimum atomic E-state index is -0.689. The van der Waals surface area contributed by atoms with E-state index in [2.05, 4.69) is 5.32 Å². The first-order chi connectivity index (χ1) is 14.0. The highest BCUT2D eigenvalue weighted by atomic mass is 32.2. The van der Waals surface area contributed by atoms with Crippen molar-refractivity contribution in [1.29, 1.82) is 0 Å². The van der Waals surface area contributed by atoms with Crippen molar-refractivity contribution in [2.75, 3.05) is 31.7 Å². The fraction of sp³-hybridized carbons (Fsp3) is 0.500. The first-order valence-corrected chi connectivity index (χ1v) is 10.8. The van der Waals surface area contributed by atoms with Crippen LogP contribution in [0.4, 0.5) is 10.5 Å². The quantitative estimate of drug-likeness (QED) is 0.645. The highest BCUT2D eigenvalue weighted by molar-refractivity contribution is 8.15. The monoisotopic (exact) mass is 420 g/mol. The number of anilines is 1. The van der Waals surface area contributed by atoms with E-state index in [-0.39, 0.29) is 23.5 Å². The van der Waals surface area contributed by atoms with Gasteiger partial charge in [0.25, 0.3) is 5.24 Å². The summed E-state index contributed by atoms with van der Waals surface area (Å²) in [6.07, 6.45) is 3.35. The molecule has 156 valence electrons. The van der Waals surface area contributed by atoms with Crippen molar-refractivity contribution in [1.82, 2.24) is 4.90 Å².